The molecule has 0 radical (unpaired) electrons. The van der Waals surface area contributed by atoms with E-state index in [0.717, 1.165) is 18.2 Å². The maximum absolute atomic E-state index is 4.63. The van der Waals surface area contributed by atoms with Crippen LogP contribution in [0, 0.1) is 6.92 Å². The Morgan fingerprint density at radius 1 is 1.30 bits per heavy atom. The molecule has 0 unspecified atom stereocenters. The minimum atomic E-state index is 0.612. The average molecular weight is 270 g/mol. The molecule has 2 aromatic rings. The first kappa shape index (κ1) is 13.2. The van der Waals surface area contributed by atoms with Crippen molar-refractivity contribution in [2.24, 2.45) is 0 Å². The fourth-order valence-corrected chi connectivity index (χ4v) is 2.97. The molecule has 4 nitrogen and oxygen atoms in total. The molecule has 0 atom stereocenters. The molecule has 2 heterocycles. The standard InChI is InChI=1S/C16H22N4/c1-13-12-20(15-7-3-2-4-8-15)16(19-13)18-11-14-6-5-9-17-10-14/h5-6,9-10,12,15H,2-4,7-8,11H2,1H3,(H,18,19). The van der Waals surface area contributed by atoms with Crippen molar-refractivity contribution >= 4 is 5.95 Å². The van der Waals surface area contributed by atoms with Crippen LogP contribution in [0.1, 0.15) is 49.4 Å². The third kappa shape index (κ3) is 3.00. The van der Waals surface area contributed by atoms with Gasteiger partial charge in [0, 0.05) is 31.2 Å². The topological polar surface area (TPSA) is 42.7 Å². The Balaban J connectivity index is 1.72. The number of imidazole rings is 1. The normalized spacial score (nSPS) is 16.2. The first-order valence-electron chi connectivity index (χ1n) is 7.51. The van der Waals surface area contributed by atoms with Crippen LogP contribution in [0.4, 0.5) is 5.95 Å². The van der Waals surface area contributed by atoms with Crippen molar-refractivity contribution in [2.45, 2.75) is 51.6 Å². The molecule has 1 N–H and O–H groups in total. The van der Waals surface area contributed by atoms with E-state index in [0.29, 0.717) is 6.04 Å². The van der Waals surface area contributed by atoms with Gasteiger partial charge in [-0.25, -0.2) is 4.98 Å². The van der Waals surface area contributed by atoms with Gasteiger partial charge in [-0.3, -0.25) is 4.98 Å². The lowest BCUT2D eigenvalue weighted by Crippen LogP contribution is -2.15. The SMILES string of the molecule is Cc1cn(C2CCCCC2)c(NCc2cccnc2)n1. The lowest BCUT2D eigenvalue weighted by atomic mass is 9.95. The van der Waals surface area contributed by atoms with Gasteiger partial charge >= 0.3 is 0 Å². The van der Waals surface area contributed by atoms with Crippen LogP contribution in [0.3, 0.4) is 0 Å². The van der Waals surface area contributed by atoms with Crippen LogP contribution < -0.4 is 5.32 Å². The summed E-state index contributed by atoms with van der Waals surface area (Å²) in [6, 6.07) is 4.66. The lowest BCUT2D eigenvalue weighted by molar-refractivity contribution is 0.355. The number of rotatable bonds is 4. The predicted octanol–water partition coefficient (Wildman–Crippen LogP) is 3.70. The van der Waals surface area contributed by atoms with Gasteiger partial charge in [0.15, 0.2) is 0 Å². The fourth-order valence-electron chi connectivity index (χ4n) is 2.97. The van der Waals surface area contributed by atoms with Gasteiger partial charge < -0.3 is 9.88 Å². The predicted molar refractivity (Wildman–Crippen MR) is 80.6 cm³/mol. The lowest BCUT2D eigenvalue weighted by Gasteiger charge is -2.24. The molecule has 0 bridgehead atoms. The summed E-state index contributed by atoms with van der Waals surface area (Å²) < 4.78 is 2.34. The van der Waals surface area contributed by atoms with E-state index in [-0.39, 0.29) is 0 Å². The highest BCUT2D eigenvalue weighted by molar-refractivity contribution is 5.31. The zero-order chi connectivity index (χ0) is 13.8. The Labute approximate surface area is 120 Å². The first-order chi connectivity index (χ1) is 9.83. The summed E-state index contributed by atoms with van der Waals surface area (Å²) >= 11 is 0. The average Bonchev–Trinajstić information content (AvgIpc) is 2.88. The first-order valence-corrected chi connectivity index (χ1v) is 7.51. The van der Waals surface area contributed by atoms with Gasteiger partial charge in [-0.15, -0.1) is 0 Å². The van der Waals surface area contributed by atoms with Gasteiger partial charge in [0.05, 0.1) is 5.69 Å². The van der Waals surface area contributed by atoms with Crippen LogP contribution >= 0.6 is 0 Å². The number of anilines is 1. The molecule has 0 amide bonds. The van der Waals surface area contributed by atoms with Crippen molar-refractivity contribution in [3.8, 4) is 0 Å². The second kappa shape index (κ2) is 6.07. The largest absolute Gasteiger partial charge is 0.352 e. The zero-order valence-electron chi connectivity index (χ0n) is 12.0. The Hall–Kier alpha value is -1.84. The Morgan fingerprint density at radius 3 is 2.90 bits per heavy atom. The zero-order valence-corrected chi connectivity index (χ0v) is 12.0. The summed E-state index contributed by atoms with van der Waals surface area (Å²) in [6.07, 6.45) is 12.5. The molecule has 106 valence electrons. The van der Waals surface area contributed by atoms with Gasteiger partial charge in [0.2, 0.25) is 5.95 Å². The van der Waals surface area contributed by atoms with E-state index in [4.69, 9.17) is 0 Å². The van der Waals surface area contributed by atoms with Crippen molar-refractivity contribution in [1.82, 2.24) is 14.5 Å². The van der Waals surface area contributed by atoms with Gasteiger partial charge in [0.1, 0.15) is 0 Å². The molecule has 3 rings (SSSR count). The number of nitrogens with zero attached hydrogens (tertiary/aromatic N) is 3. The molecule has 0 saturated heterocycles. The molecule has 1 fully saturated rings. The van der Waals surface area contributed by atoms with Gasteiger partial charge in [-0.05, 0) is 31.4 Å². The molecule has 1 aliphatic carbocycles. The molecular weight excluding hydrogens is 248 g/mol. The van der Waals surface area contributed by atoms with Crippen LogP contribution in [0.2, 0.25) is 0 Å². The van der Waals surface area contributed by atoms with Gasteiger partial charge in [-0.1, -0.05) is 25.3 Å². The fraction of sp³-hybridized carbons (Fsp3) is 0.500. The quantitative estimate of drug-likeness (QED) is 0.921. The van der Waals surface area contributed by atoms with Crippen molar-refractivity contribution in [3.63, 3.8) is 0 Å². The van der Waals surface area contributed by atoms with Crippen LogP contribution in [0.5, 0.6) is 0 Å². The van der Waals surface area contributed by atoms with E-state index < -0.39 is 0 Å². The molecule has 0 aromatic carbocycles. The Kier molecular flexibility index (Phi) is 4.00. The minimum absolute atomic E-state index is 0.612. The van der Waals surface area contributed by atoms with E-state index >= 15 is 0 Å². The van der Waals surface area contributed by atoms with Gasteiger partial charge in [0.25, 0.3) is 0 Å². The third-order valence-electron chi connectivity index (χ3n) is 3.99. The summed E-state index contributed by atoms with van der Waals surface area (Å²) in [5.74, 6) is 0.998. The molecule has 4 heteroatoms. The van der Waals surface area contributed by atoms with Crippen LogP contribution in [-0.4, -0.2) is 14.5 Å². The van der Waals surface area contributed by atoms with E-state index in [1.807, 2.05) is 12.3 Å². The number of nitrogens with one attached hydrogen (secondary N) is 1. The number of pyridine rings is 1. The number of aromatic nitrogens is 3. The molecule has 20 heavy (non-hydrogen) atoms. The molecule has 1 saturated carbocycles. The highest BCUT2D eigenvalue weighted by Gasteiger charge is 2.18. The summed E-state index contributed by atoms with van der Waals surface area (Å²) in [5.41, 5.74) is 2.27. The van der Waals surface area contributed by atoms with Crippen molar-refractivity contribution in [2.75, 3.05) is 5.32 Å². The third-order valence-corrected chi connectivity index (χ3v) is 3.99. The number of hydrogen-bond donors (Lipinski definition) is 1. The minimum Gasteiger partial charge on any atom is -0.352 e. The van der Waals surface area contributed by atoms with Crippen LogP contribution in [0.15, 0.2) is 30.7 Å². The van der Waals surface area contributed by atoms with Gasteiger partial charge in [-0.2, -0.15) is 0 Å². The molecule has 0 spiro atoms. The van der Waals surface area contributed by atoms with Crippen molar-refractivity contribution < 1.29 is 0 Å². The molecule has 2 aromatic heterocycles. The summed E-state index contributed by atoms with van der Waals surface area (Å²) in [5, 5.41) is 3.46. The smallest absolute Gasteiger partial charge is 0.203 e. The molecule has 0 aliphatic heterocycles. The Bertz CT molecular complexity index is 541. The van der Waals surface area contributed by atoms with E-state index in [1.54, 1.807) is 6.20 Å². The highest BCUT2D eigenvalue weighted by atomic mass is 15.2. The summed E-state index contributed by atoms with van der Waals surface area (Å²) in [6.45, 7) is 2.84. The van der Waals surface area contributed by atoms with Crippen molar-refractivity contribution in [1.29, 1.82) is 0 Å². The number of aryl methyl sites for hydroxylation is 1. The van der Waals surface area contributed by atoms with E-state index in [2.05, 4.69) is 39.0 Å². The summed E-state index contributed by atoms with van der Waals surface area (Å²) in [4.78, 5) is 8.78. The van der Waals surface area contributed by atoms with Crippen LogP contribution in [0.25, 0.3) is 0 Å². The van der Waals surface area contributed by atoms with E-state index in [1.165, 1.54) is 37.7 Å². The number of hydrogen-bond acceptors (Lipinski definition) is 3. The van der Waals surface area contributed by atoms with Crippen molar-refractivity contribution in [3.05, 3.63) is 42.0 Å². The maximum atomic E-state index is 4.63. The van der Waals surface area contributed by atoms with E-state index in [9.17, 15) is 0 Å². The molecular formula is C16H22N4. The van der Waals surface area contributed by atoms with Crippen LogP contribution in [-0.2, 0) is 6.54 Å². The molecule has 1 aliphatic rings. The second-order valence-electron chi connectivity index (χ2n) is 5.62. The second-order valence-corrected chi connectivity index (χ2v) is 5.62. The summed E-state index contributed by atoms with van der Waals surface area (Å²) in [7, 11) is 0. The monoisotopic (exact) mass is 270 g/mol. The Morgan fingerprint density at radius 2 is 2.15 bits per heavy atom. The maximum Gasteiger partial charge on any atom is 0.203 e. The highest BCUT2D eigenvalue weighted by Crippen LogP contribution is 2.30.